The molecule has 0 spiro atoms. The van der Waals surface area contributed by atoms with Crippen LogP contribution in [-0.4, -0.2) is 17.6 Å². The molecule has 0 unspecified atom stereocenters. The molecule has 0 saturated heterocycles. The average Bonchev–Trinajstić information content (AvgIpc) is 2.65. The molecule has 0 aliphatic carbocycles. The number of hydrogen-bond acceptors (Lipinski definition) is 3. The molecule has 5 heteroatoms. The quantitative estimate of drug-likeness (QED) is 0.508. The van der Waals surface area contributed by atoms with Gasteiger partial charge in [0, 0.05) is 23.8 Å². The molecule has 2 aromatic rings. The van der Waals surface area contributed by atoms with Crippen LogP contribution >= 0.6 is 11.6 Å². The lowest BCUT2D eigenvalue weighted by atomic mass is 9.98. The van der Waals surface area contributed by atoms with Crippen LogP contribution in [0.3, 0.4) is 0 Å². The molecule has 0 fully saturated rings. The van der Waals surface area contributed by atoms with Crippen molar-refractivity contribution in [1.29, 1.82) is 0 Å². The standard InChI is InChI=1S/C23H31ClN2O2/c1-6-21(18-9-15(3)22(24)16(4)10-18)26-20-8-7-14(2)19(11-20)13-25-12-17(5)23(27)28/h7-11,17,21,25-26H,6,12-13H2,1-5H3,(H,27,28)/t17-,21+/m0/s1. The maximum Gasteiger partial charge on any atom is 0.307 e. The molecule has 0 aliphatic rings. The van der Waals surface area contributed by atoms with E-state index in [1.807, 2.05) is 13.8 Å². The number of anilines is 1. The number of aliphatic carboxylic acids is 1. The zero-order valence-corrected chi connectivity index (χ0v) is 18.2. The van der Waals surface area contributed by atoms with E-state index in [2.05, 4.69) is 54.8 Å². The fourth-order valence-corrected chi connectivity index (χ4v) is 3.37. The van der Waals surface area contributed by atoms with E-state index < -0.39 is 11.9 Å². The Morgan fingerprint density at radius 2 is 1.75 bits per heavy atom. The van der Waals surface area contributed by atoms with E-state index >= 15 is 0 Å². The molecule has 0 aliphatic heterocycles. The van der Waals surface area contributed by atoms with Crippen LogP contribution in [0.2, 0.25) is 5.02 Å². The molecule has 3 N–H and O–H groups in total. The molecule has 0 radical (unpaired) electrons. The van der Waals surface area contributed by atoms with E-state index in [0.717, 1.165) is 28.3 Å². The Balaban J connectivity index is 2.13. The van der Waals surface area contributed by atoms with Crippen LogP contribution in [0.15, 0.2) is 30.3 Å². The second-order valence-corrected chi connectivity index (χ2v) is 7.96. The Labute approximate surface area is 173 Å². The van der Waals surface area contributed by atoms with Gasteiger partial charge in [0.25, 0.3) is 0 Å². The van der Waals surface area contributed by atoms with Crippen LogP contribution in [0.5, 0.6) is 0 Å². The van der Waals surface area contributed by atoms with E-state index in [1.54, 1.807) is 6.92 Å². The molecular formula is C23H31ClN2O2. The summed E-state index contributed by atoms with van der Waals surface area (Å²) in [6, 6.07) is 10.8. The Hall–Kier alpha value is -2.04. The SMILES string of the molecule is CC[C@@H](Nc1ccc(C)c(CNC[C@H](C)C(=O)O)c1)c1cc(C)c(Cl)c(C)c1. The number of halogens is 1. The number of carbonyl (C=O) groups is 1. The minimum Gasteiger partial charge on any atom is -0.481 e. The van der Waals surface area contributed by atoms with Crippen molar-refractivity contribution in [2.24, 2.45) is 5.92 Å². The van der Waals surface area contributed by atoms with E-state index in [-0.39, 0.29) is 6.04 Å². The average molecular weight is 403 g/mol. The first-order valence-corrected chi connectivity index (χ1v) is 10.2. The predicted octanol–water partition coefficient (Wildman–Crippen LogP) is 5.64. The third-order valence-corrected chi connectivity index (χ3v) is 5.74. The molecular weight excluding hydrogens is 372 g/mol. The van der Waals surface area contributed by atoms with Crippen LogP contribution < -0.4 is 10.6 Å². The second kappa shape index (κ2) is 9.94. The minimum atomic E-state index is -0.779. The van der Waals surface area contributed by atoms with Crippen molar-refractivity contribution in [3.63, 3.8) is 0 Å². The van der Waals surface area contributed by atoms with Crippen LogP contribution in [0, 0.1) is 26.7 Å². The summed E-state index contributed by atoms with van der Waals surface area (Å²) in [6.07, 6.45) is 0.956. The lowest BCUT2D eigenvalue weighted by Gasteiger charge is -2.21. The number of hydrogen-bond donors (Lipinski definition) is 3. The van der Waals surface area contributed by atoms with Gasteiger partial charge in [-0.15, -0.1) is 0 Å². The molecule has 28 heavy (non-hydrogen) atoms. The number of nitrogens with one attached hydrogen (secondary N) is 2. The summed E-state index contributed by atoms with van der Waals surface area (Å²) in [5.74, 6) is -1.18. The minimum absolute atomic E-state index is 0.199. The van der Waals surface area contributed by atoms with Crippen molar-refractivity contribution in [3.8, 4) is 0 Å². The van der Waals surface area contributed by atoms with E-state index in [1.165, 1.54) is 16.7 Å². The van der Waals surface area contributed by atoms with Gasteiger partial charge in [-0.1, -0.05) is 43.6 Å². The highest BCUT2D eigenvalue weighted by molar-refractivity contribution is 6.32. The smallest absolute Gasteiger partial charge is 0.307 e. The molecule has 0 amide bonds. The number of aryl methyl sites for hydroxylation is 3. The van der Waals surface area contributed by atoms with Crippen molar-refractivity contribution < 1.29 is 9.90 Å². The van der Waals surface area contributed by atoms with Gasteiger partial charge in [-0.3, -0.25) is 4.79 Å². The normalized spacial score (nSPS) is 13.2. The van der Waals surface area contributed by atoms with Crippen molar-refractivity contribution >= 4 is 23.3 Å². The molecule has 2 rings (SSSR count). The first-order valence-electron chi connectivity index (χ1n) is 9.79. The van der Waals surface area contributed by atoms with Gasteiger partial charge in [0.15, 0.2) is 0 Å². The van der Waals surface area contributed by atoms with Gasteiger partial charge < -0.3 is 15.7 Å². The Morgan fingerprint density at radius 3 is 2.32 bits per heavy atom. The van der Waals surface area contributed by atoms with Crippen molar-refractivity contribution in [1.82, 2.24) is 5.32 Å². The van der Waals surface area contributed by atoms with Gasteiger partial charge in [-0.2, -0.15) is 0 Å². The van der Waals surface area contributed by atoms with Gasteiger partial charge in [0.2, 0.25) is 0 Å². The fraction of sp³-hybridized carbons (Fsp3) is 0.435. The first-order chi connectivity index (χ1) is 13.2. The molecule has 2 atom stereocenters. The van der Waals surface area contributed by atoms with Crippen LogP contribution in [0.4, 0.5) is 5.69 Å². The third kappa shape index (κ3) is 5.73. The monoisotopic (exact) mass is 402 g/mol. The summed E-state index contributed by atoms with van der Waals surface area (Å²) in [4.78, 5) is 11.0. The molecule has 152 valence electrons. The maximum atomic E-state index is 11.0. The fourth-order valence-electron chi connectivity index (χ4n) is 3.27. The van der Waals surface area contributed by atoms with Gasteiger partial charge >= 0.3 is 5.97 Å². The highest BCUT2D eigenvalue weighted by Gasteiger charge is 2.14. The van der Waals surface area contributed by atoms with Gasteiger partial charge in [-0.25, -0.2) is 0 Å². The molecule has 0 heterocycles. The number of carboxylic acids is 1. The maximum absolute atomic E-state index is 11.0. The van der Waals surface area contributed by atoms with E-state index in [0.29, 0.717) is 13.1 Å². The number of carboxylic acid groups (broad SMARTS) is 1. The predicted molar refractivity (Wildman–Crippen MR) is 117 cm³/mol. The largest absolute Gasteiger partial charge is 0.481 e. The van der Waals surface area contributed by atoms with E-state index in [4.69, 9.17) is 16.7 Å². The zero-order chi connectivity index (χ0) is 20.8. The molecule has 2 aromatic carbocycles. The van der Waals surface area contributed by atoms with Crippen LogP contribution in [0.25, 0.3) is 0 Å². The van der Waals surface area contributed by atoms with Crippen LogP contribution in [-0.2, 0) is 11.3 Å². The molecule has 0 aromatic heterocycles. The van der Waals surface area contributed by atoms with Crippen molar-refractivity contribution in [2.75, 3.05) is 11.9 Å². The summed E-state index contributed by atoms with van der Waals surface area (Å²) < 4.78 is 0. The summed E-state index contributed by atoms with van der Waals surface area (Å²) >= 11 is 6.32. The zero-order valence-electron chi connectivity index (χ0n) is 17.4. The van der Waals surface area contributed by atoms with Crippen molar-refractivity contribution in [2.45, 2.75) is 53.6 Å². The third-order valence-electron chi connectivity index (χ3n) is 5.15. The highest BCUT2D eigenvalue weighted by atomic mass is 35.5. The summed E-state index contributed by atoms with van der Waals surface area (Å²) in [6.45, 7) is 11.1. The summed E-state index contributed by atoms with van der Waals surface area (Å²) in [5, 5.41) is 16.7. The highest BCUT2D eigenvalue weighted by Crippen LogP contribution is 2.29. The van der Waals surface area contributed by atoms with Gasteiger partial charge in [-0.05, 0) is 67.1 Å². The summed E-state index contributed by atoms with van der Waals surface area (Å²) in [7, 11) is 0. The molecule has 0 saturated carbocycles. The van der Waals surface area contributed by atoms with Gasteiger partial charge in [0.05, 0.1) is 12.0 Å². The van der Waals surface area contributed by atoms with Crippen molar-refractivity contribution in [3.05, 3.63) is 63.2 Å². The van der Waals surface area contributed by atoms with E-state index in [9.17, 15) is 4.79 Å². The second-order valence-electron chi connectivity index (χ2n) is 7.59. The Kier molecular flexibility index (Phi) is 7.90. The lowest BCUT2D eigenvalue weighted by molar-refractivity contribution is -0.140. The topological polar surface area (TPSA) is 61.4 Å². The van der Waals surface area contributed by atoms with Crippen LogP contribution in [0.1, 0.15) is 54.1 Å². The van der Waals surface area contributed by atoms with Gasteiger partial charge in [0.1, 0.15) is 0 Å². The molecule has 4 nitrogen and oxygen atoms in total. The number of rotatable bonds is 9. The Bertz CT molecular complexity index is 812. The molecule has 0 bridgehead atoms. The Morgan fingerprint density at radius 1 is 1.11 bits per heavy atom. The summed E-state index contributed by atoms with van der Waals surface area (Å²) in [5.41, 5.74) is 6.84. The number of benzene rings is 2. The lowest BCUT2D eigenvalue weighted by Crippen LogP contribution is -2.26. The first kappa shape index (κ1) is 22.3.